The molecule has 15 heavy (non-hydrogen) atoms. The summed E-state index contributed by atoms with van der Waals surface area (Å²) in [6.07, 6.45) is 5.55. The van der Waals surface area contributed by atoms with Crippen molar-refractivity contribution < 1.29 is 0 Å². The molecule has 2 aliphatic rings. The number of rotatable bonds is 2. The second-order valence-electron chi connectivity index (χ2n) is 5.07. The Bertz CT molecular complexity index is 360. The van der Waals surface area contributed by atoms with Crippen molar-refractivity contribution in [2.24, 2.45) is 0 Å². The van der Waals surface area contributed by atoms with Gasteiger partial charge in [0.1, 0.15) is 0 Å². The van der Waals surface area contributed by atoms with Crippen LogP contribution in [0.25, 0.3) is 0 Å². The number of hydrogen-bond acceptors (Lipinski definition) is 1. The fourth-order valence-corrected chi connectivity index (χ4v) is 2.60. The van der Waals surface area contributed by atoms with E-state index in [1.807, 2.05) is 0 Å². The summed E-state index contributed by atoms with van der Waals surface area (Å²) >= 11 is 0. The van der Waals surface area contributed by atoms with E-state index in [-0.39, 0.29) is 0 Å². The standard InChI is InChI=1S/C14H19N/c1-11-8-13(12-4-5-12)10-14(9-11)15-6-2-3-7-15/h8-10,12H,2-7H2,1H3. The molecule has 0 unspecified atom stereocenters. The zero-order chi connectivity index (χ0) is 10.3. The highest BCUT2D eigenvalue weighted by atomic mass is 15.1. The van der Waals surface area contributed by atoms with Crippen molar-refractivity contribution in [1.29, 1.82) is 0 Å². The van der Waals surface area contributed by atoms with Gasteiger partial charge in [-0.3, -0.25) is 0 Å². The molecule has 1 aliphatic heterocycles. The highest BCUT2D eigenvalue weighted by Gasteiger charge is 2.24. The zero-order valence-electron chi connectivity index (χ0n) is 9.50. The second-order valence-corrected chi connectivity index (χ2v) is 5.07. The summed E-state index contributed by atoms with van der Waals surface area (Å²) in [6, 6.07) is 7.14. The summed E-state index contributed by atoms with van der Waals surface area (Å²) < 4.78 is 0. The molecule has 0 N–H and O–H groups in total. The first-order chi connectivity index (χ1) is 7.33. The molecule has 3 rings (SSSR count). The minimum atomic E-state index is 0.881. The summed E-state index contributed by atoms with van der Waals surface area (Å²) in [6.45, 7) is 4.74. The molecule has 80 valence electrons. The van der Waals surface area contributed by atoms with Crippen molar-refractivity contribution >= 4 is 5.69 Å². The van der Waals surface area contributed by atoms with Crippen LogP contribution in [0.2, 0.25) is 0 Å². The number of hydrogen-bond donors (Lipinski definition) is 0. The van der Waals surface area contributed by atoms with Gasteiger partial charge in [0.25, 0.3) is 0 Å². The van der Waals surface area contributed by atoms with Crippen LogP contribution in [0, 0.1) is 6.92 Å². The van der Waals surface area contributed by atoms with Crippen molar-refractivity contribution in [3.05, 3.63) is 29.3 Å². The maximum Gasteiger partial charge on any atom is 0.0371 e. The molecule has 1 saturated heterocycles. The Hall–Kier alpha value is -0.980. The highest BCUT2D eigenvalue weighted by molar-refractivity contribution is 5.53. The van der Waals surface area contributed by atoms with Gasteiger partial charge in [0.2, 0.25) is 0 Å². The van der Waals surface area contributed by atoms with Crippen molar-refractivity contribution in [3.8, 4) is 0 Å². The van der Waals surface area contributed by atoms with E-state index in [1.54, 1.807) is 5.56 Å². The van der Waals surface area contributed by atoms with Gasteiger partial charge in [-0.15, -0.1) is 0 Å². The van der Waals surface area contributed by atoms with E-state index in [1.165, 1.54) is 50.0 Å². The van der Waals surface area contributed by atoms with Crippen molar-refractivity contribution in [1.82, 2.24) is 0 Å². The summed E-state index contributed by atoms with van der Waals surface area (Å²) in [5.74, 6) is 0.881. The second kappa shape index (κ2) is 3.55. The molecule has 0 atom stereocenters. The van der Waals surface area contributed by atoms with Crippen molar-refractivity contribution in [3.63, 3.8) is 0 Å². The minimum absolute atomic E-state index is 0.881. The molecule has 1 heteroatoms. The van der Waals surface area contributed by atoms with Gasteiger partial charge in [-0.05, 0) is 61.8 Å². The summed E-state index contributed by atoms with van der Waals surface area (Å²) in [7, 11) is 0. The summed E-state index contributed by atoms with van der Waals surface area (Å²) in [5.41, 5.74) is 4.48. The minimum Gasteiger partial charge on any atom is -0.372 e. The van der Waals surface area contributed by atoms with Crippen molar-refractivity contribution in [2.75, 3.05) is 18.0 Å². The van der Waals surface area contributed by atoms with Crippen LogP contribution in [0.4, 0.5) is 5.69 Å². The molecule has 1 aromatic rings. The number of anilines is 1. The lowest BCUT2D eigenvalue weighted by Gasteiger charge is -2.19. The number of benzene rings is 1. The molecule has 0 amide bonds. The molecule has 1 aromatic carbocycles. The van der Waals surface area contributed by atoms with Gasteiger partial charge in [-0.1, -0.05) is 6.07 Å². The van der Waals surface area contributed by atoms with Crippen LogP contribution in [-0.4, -0.2) is 13.1 Å². The topological polar surface area (TPSA) is 3.24 Å². The molecule has 0 bridgehead atoms. The summed E-state index contributed by atoms with van der Waals surface area (Å²) in [5, 5.41) is 0. The van der Waals surface area contributed by atoms with Crippen LogP contribution in [-0.2, 0) is 0 Å². The SMILES string of the molecule is Cc1cc(C2CC2)cc(N2CCCC2)c1. The Balaban J connectivity index is 1.91. The highest BCUT2D eigenvalue weighted by Crippen LogP contribution is 2.41. The first-order valence-corrected chi connectivity index (χ1v) is 6.19. The van der Waals surface area contributed by atoms with E-state index >= 15 is 0 Å². The van der Waals surface area contributed by atoms with Gasteiger partial charge < -0.3 is 4.90 Å². The molecule has 1 saturated carbocycles. The average Bonchev–Trinajstić information content (AvgIpc) is 2.93. The normalized spacial score (nSPS) is 21.0. The third-order valence-electron chi connectivity index (χ3n) is 3.60. The van der Waals surface area contributed by atoms with Gasteiger partial charge >= 0.3 is 0 Å². The van der Waals surface area contributed by atoms with E-state index < -0.39 is 0 Å². The van der Waals surface area contributed by atoms with Gasteiger partial charge in [-0.2, -0.15) is 0 Å². The van der Waals surface area contributed by atoms with Gasteiger partial charge in [0.05, 0.1) is 0 Å². The van der Waals surface area contributed by atoms with Gasteiger partial charge in [0, 0.05) is 18.8 Å². The lowest BCUT2D eigenvalue weighted by molar-refractivity contribution is 0.949. The molecule has 0 radical (unpaired) electrons. The largest absolute Gasteiger partial charge is 0.372 e. The quantitative estimate of drug-likeness (QED) is 0.708. The molecule has 0 aromatic heterocycles. The van der Waals surface area contributed by atoms with Crippen LogP contribution in [0.1, 0.15) is 42.7 Å². The average molecular weight is 201 g/mol. The first kappa shape index (κ1) is 9.26. The Kier molecular flexibility index (Phi) is 2.19. The fourth-order valence-electron chi connectivity index (χ4n) is 2.60. The number of aryl methyl sites for hydroxylation is 1. The Morgan fingerprint density at radius 1 is 1.07 bits per heavy atom. The lowest BCUT2D eigenvalue weighted by Crippen LogP contribution is -2.17. The van der Waals surface area contributed by atoms with Crippen LogP contribution in [0.15, 0.2) is 18.2 Å². The monoisotopic (exact) mass is 201 g/mol. The zero-order valence-corrected chi connectivity index (χ0v) is 9.50. The third kappa shape index (κ3) is 1.88. The lowest BCUT2D eigenvalue weighted by atomic mass is 10.1. The molecule has 2 fully saturated rings. The van der Waals surface area contributed by atoms with Gasteiger partial charge in [-0.25, -0.2) is 0 Å². The molecule has 1 aliphatic carbocycles. The van der Waals surface area contributed by atoms with E-state index in [2.05, 4.69) is 30.0 Å². The molecular formula is C14H19N. The number of nitrogens with zero attached hydrogens (tertiary/aromatic N) is 1. The van der Waals surface area contributed by atoms with Crippen LogP contribution in [0.3, 0.4) is 0 Å². The van der Waals surface area contributed by atoms with Crippen LogP contribution in [0.5, 0.6) is 0 Å². The van der Waals surface area contributed by atoms with E-state index in [0.717, 1.165) is 5.92 Å². The van der Waals surface area contributed by atoms with E-state index in [9.17, 15) is 0 Å². The molecule has 0 spiro atoms. The first-order valence-electron chi connectivity index (χ1n) is 6.19. The Labute approximate surface area is 92.1 Å². The Morgan fingerprint density at radius 2 is 1.80 bits per heavy atom. The molecule has 1 nitrogen and oxygen atoms in total. The van der Waals surface area contributed by atoms with Crippen molar-refractivity contribution in [2.45, 2.75) is 38.5 Å². The molecule has 1 heterocycles. The van der Waals surface area contributed by atoms with Gasteiger partial charge in [0.15, 0.2) is 0 Å². The Morgan fingerprint density at radius 3 is 2.47 bits per heavy atom. The predicted octanol–water partition coefficient (Wildman–Crippen LogP) is 3.47. The predicted molar refractivity (Wildman–Crippen MR) is 64.6 cm³/mol. The summed E-state index contributed by atoms with van der Waals surface area (Å²) in [4.78, 5) is 2.54. The maximum atomic E-state index is 2.54. The van der Waals surface area contributed by atoms with E-state index in [0.29, 0.717) is 0 Å². The maximum absolute atomic E-state index is 2.54. The van der Waals surface area contributed by atoms with Crippen LogP contribution < -0.4 is 4.90 Å². The smallest absolute Gasteiger partial charge is 0.0371 e. The third-order valence-corrected chi connectivity index (χ3v) is 3.60. The van der Waals surface area contributed by atoms with Crippen LogP contribution >= 0.6 is 0 Å². The fraction of sp³-hybridized carbons (Fsp3) is 0.571. The van der Waals surface area contributed by atoms with E-state index in [4.69, 9.17) is 0 Å². The molecular weight excluding hydrogens is 182 g/mol.